The summed E-state index contributed by atoms with van der Waals surface area (Å²) >= 11 is 0. The van der Waals surface area contributed by atoms with Gasteiger partial charge in [0.1, 0.15) is 11.2 Å². The lowest BCUT2D eigenvalue weighted by Gasteiger charge is -2.28. The number of benzene rings is 10. The van der Waals surface area contributed by atoms with Crippen LogP contribution >= 0.6 is 0 Å². The summed E-state index contributed by atoms with van der Waals surface area (Å²) in [4.78, 5) is 2.42. The van der Waals surface area contributed by atoms with E-state index < -0.39 is 0 Å². The molecule has 1 aromatic heterocycles. The molecule has 2 heteroatoms. The highest BCUT2D eigenvalue weighted by Crippen LogP contribution is 2.52. The zero-order valence-corrected chi connectivity index (χ0v) is 35.2. The van der Waals surface area contributed by atoms with Crippen molar-refractivity contribution in [2.75, 3.05) is 4.90 Å². The first-order valence-electron chi connectivity index (χ1n) is 21.8. The van der Waals surface area contributed by atoms with Crippen LogP contribution in [-0.4, -0.2) is 0 Å². The molecule has 0 saturated carbocycles. The topological polar surface area (TPSA) is 16.4 Å². The number of hydrogen-bond donors (Lipinski definition) is 0. The van der Waals surface area contributed by atoms with Gasteiger partial charge in [0.15, 0.2) is 0 Å². The fraction of sp³-hybridized carbons (Fsp3) is 0.0492. The van der Waals surface area contributed by atoms with Gasteiger partial charge in [-0.15, -0.1) is 0 Å². The molecule has 1 aliphatic rings. The maximum Gasteiger partial charge on any atom is 0.143 e. The smallest absolute Gasteiger partial charge is 0.143 e. The van der Waals surface area contributed by atoms with Crippen LogP contribution in [0.5, 0.6) is 0 Å². The summed E-state index contributed by atoms with van der Waals surface area (Å²) in [7, 11) is 0. The van der Waals surface area contributed by atoms with E-state index >= 15 is 0 Å². The number of anilines is 3. The monoisotopic (exact) mass is 805 g/mol. The fourth-order valence-corrected chi connectivity index (χ4v) is 10.2. The van der Waals surface area contributed by atoms with E-state index in [1.165, 1.54) is 55.6 Å². The molecule has 1 aliphatic carbocycles. The molecule has 0 unspecified atom stereocenters. The van der Waals surface area contributed by atoms with Gasteiger partial charge in [-0.2, -0.15) is 0 Å². The van der Waals surface area contributed by atoms with Crippen molar-refractivity contribution in [3.63, 3.8) is 0 Å². The van der Waals surface area contributed by atoms with Crippen molar-refractivity contribution in [2.45, 2.75) is 19.3 Å². The average molecular weight is 806 g/mol. The normalized spacial score (nSPS) is 12.7. The predicted octanol–water partition coefficient (Wildman–Crippen LogP) is 17.2. The fourth-order valence-electron chi connectivity index (χ4n) is 10.2. The Labute approximate surface area is 368 Å². The summed E-state index contributed by atoms with van der Waals surface area (Å²) in [6.07, 6.45) is 0. The van der Waals surface area contributed by atoms with E-state index in [0.29, 0.717) is 0 Å². The Hall–Kier alpha value is -7.94. The van der Waals surface area contributed by atoms with E-state index in [4.69, 9.17) is 4.42 Å². The highest BCUT2D eigenvalue weighted by atomic mass is 16.3. The maximum atomic E-state index is 6.99. The van der Waals surface area contributed by atoms with E-state index in [2.05, 4.69) is 243 Å². The minimum Gasteiger partial charge on any atom is -0.455 e. The Morgan fingerprint density at radius 3 is 1.67 bits per heavy atom. The Morgan fingerprint density at radius 2 is 0.921 bits per heavy atom. The summed E-state index contributed by atoms with van der Waals surface area (Å²) in [5, 5.41) is 4.41. The van der Waals surface area contributed by atoms with Gasteiger partial charge in [0, 0.05) is 27.6 Å². The molecule has 12 rings (SSSR count). The van der Waals surface area contributed by atoms with Crippen molar-refractivity contribution < 1.29 is 4.42 Å². The molecule has 0 fully saturated rings. The second kappa shape index (κ2) is 14.6. The van der Waals surface area contributed by atoms with Crippen LogP contribution in [0.15, 0.2) is 229 Å². The average Bonchev–Trinajstić information content (AvgIpc) is 3.84. The van der Waals surface area contributed by atoms with E-state index in [9.17, 15) is 0 Å². The van der Waals surface area contributed by atoms with E-state index in [1.54, 1.807) is 0 Å². The largest absolute Gasteiger partial charge is 0.455 e. The number of para-hydroxylation sites is 1. The minimum absolute atomic E-state index is 0.138. The molecule has 1 heterocycles. The highest BCUT2D eigenvalue weighted by molar-refractivity contribution is 6.22. The second-order valence-electron chi connectivity index (χ2n) is 17.2. The number of nitrogens with zero attached hydrogens (tertiary/aromatic N) is 1. The van der Waals surface area contributed by atoms with Crippen molar-refractivity contribution in [1.29, 1.82) is 0 Å². The second-order valence-corrected chi connectivity index (χ2v) is 17.2. The third kappa shape index (κ3) is 6.02. The van der Waals surface area contributed by atoms with E-state index in [0.717, 1.165) is 60.9 Å². The van der Waals surface area contributed by atoms with Crippen LogP contribution in [0.3, 0.4) is 0 Å². The molecule has 0 N–H and O–H groups in total. The van der Waals surface area contributed by atoms with Gasteiger partial charge in [-0.05, 0) is 133 Å². The predicted molar refractivity (Wildman–Crippen MR) is 265 cm³/mol. The van der Waals surface area contributed by atoms with Crippen LogP contribution in [0.25, 0.3) is 88.3 Å². The van der Waals surface area contributed by atoms with Crippen molar-refractivity contribution in [2.24, 2.45) is 0 Å². The first-order valence-corrected chi connectivity index (χ1v) is 21.8. The lowest BCUT2D eigenvalue weighted by Crippen LogP contribution is -2.16. The van der Waals surface area contributed by atoms with Crippen LogP contribution < -0.4 is 4.90 Å². The highest BCUT2D eigenvalue weighted by Gasteiger charge is 2.36. The number of rotatable bonds is 7. The van der Waals surface area contributed by atoms with Gasteiger partial charge in [-0.1, -0.05) is 178 Å². The third-order valence-electron chi connectivity index (χ3n) is 13.2. The molecule has 2 nitrogen and oxygen atoms in total. The third-order valence-corrected chi connectivity index (χ3v) is 13.2. The van der Waals surface area contributed by atoms with Gasteiger partial charge in [-0.3, -0.25) is 0 Å². The number of hydrogen-bond acceptors (Lipinski definition) is 2. The first kappa shape index (κ1) is 36.9. The minimum atomic E-state index is -0.138. The molecule has 10 aromatic carbocycles. The van der Waals surface area contributed by atoms with Crippen LogP contribution in [0.1, 0.15) is 25.0 Å². The standard InChI is InChI=1S/C61H43NO/c1-61(2)55-30-17-16-28-50(55)51-34-33-46(38-56(51)61)62(45-23-10-5-11-24-45)57-31-18-32-58-59(57)54-39-53(49-27-14-15-29-52(49)60(54)63-58)44-36-42(40-19-6-3-7-20-40)35-43(37-44)48-26-13-12-25-47(48)41-21-8-4-9-22-41/h3-39H,1-2H3. The Kier molecular flexibility index (Phi) is 8.55. The molecule has 0 atom stereocenters. The molecule has 63 heavy (non-hydrogen) atoms. The molecule has 0 bridgehead atoms. The summed E-state index contributed by atoms with van der Waals surface area (Å²) in [5.74, 6) is 0. The Bertz CT molecular complexity index is 3530. The molecule has 0 amide bonds. The van der Waals surface area contributed by atoms with Crippen LogP contribution in [0, 0.1) is 0 Å². The van der Waals surface area contributed by atoms with Gasteiger partial charge in [0.05, 0.1) is 11.1 Å². The maximum absolute atomic E-state index is 6.99. The lowest BCUT2D eigenvalue weighted by atomic mass is 9.82. The Morgan fingerprint density at radius 1 is 0.349 bits per heavy atom. The summed E-state index contributed by atoms with van der Waals surface area (Å²) in [6.45, 7) is 4.70. The lowest BCUT2D eigenvalue weighted by molar-refractivity contribution is 0.660. The SMILES string of the molecule is CC1(C)c2ccccc2-c2ccc(N(c3ccccc3)c3cccc4oc5c6ccccc6c(-c6cc(-c7ccccc7)cc(-c7ccccc7-c7ccccc7)c6)cc5c34)cc21. The van der Waals surface area contributed by atoms with Crippen molar-refractivity contribution in [1.82, 2.24) is 0 Å². The van der Waals surface area contributed by atoms with E-state index in [1.807, 2.05) is 0 Å². The molecule has 298 valence electrons. The van der Waals surface area contributed by atoms with Crippen LogP contribution in [0.4, 0.5) is 17.1 Å². The van der Waals surface area contributed by atoms with Gasteiger partial charge < -0.3 is 9.32 Å². The van der Waals surface area contributed by atoms with Crippen molar-refractivity contribution in [3.05, 3.63) is 236 Å². The summed E-state index contributed by atoms with van der Waals surface area (Å²) in [6, 6.07) is 81.6. The molecule has 0 aliphatic heterocycles. The summed E-state index contributed by atoms with van der Waals surface area (Å²) < 4.78 is 6.99. The van der Waals surface area contributed by atoms with Crippen LogP contribution in [-0.2, 0) is 5.41 Å². The zero-order chi connectivity index (χ0) is 42.1. The Balaban J connectivity index is 1.11. The number of furan rings is 1. The van der Waals surface area contributed by atoms with Crippen molar-refractivity contribution >= 4 is 49.8 Å². The van der Waals surface area contributed by atoms with Gasteiger partial charge >= 0.3 is 0 Å². The van der Waals surface area contributed by atoms with Crippen LogP contribution in [0.2, 0.25) is 0 Å². The molecular formula is C61H43NO. The molecule has 0 saturated heterocycles. The molecule has 0 spiro atoms. The number of fused-ring (bicyclic) bond motifs is 8. The van der Waals surface area contributed by atoms with Gasteiger partial charge in [-0.25, -0.2) is 0 Å². The van der Waals surface area contributed by atoms with Crippen molar-refractivity contribution in [3.8, 4) is 55.6 Å². The molecule has 11 aromatic rings. The first-order chi connectivity index (χ1) is 31.0. The summed E-state index contributed by atoms with van der Waals surface area (Å²) in [5.41, 5.74) is 19.7. The zero-order valence-electron chi connectivity index (χ0n) is 35.2. The quantitative estimate of drug-likeness (QED) is 0.160. The molecular weight excluding hydrogens is 763 g/mol. The molecule has 0 radical (unpaired) electrons. The van der Waals surface area contributed by atoms with E-state index in [-0.39, 0.29) is 5.41 Å². The van der Waals surface area contributed by atoms with Gasteiger partial charge in [0.2, 0.25) is 0 Å². The van der Waals surface area contributed by atoms with Gasteiger partial charge in [0.25, 0.3) is 0 Å².